The molecule has 4 rings (SSSR count). The predicted molar refractivity (Wildman–Crippen MR) is 116 cm³/mol. The van der Waals surface area contributed by atoms with Crippen LogP contribution in [-0.4, -0.2) is 59.0 Å². The van der Waals surface area contributed by atoms with Crippen molar-refractivity contribution >= 4 is 35.2 Å². The molecule has 0 unspecified atom stereocenters. The van der Waals surface area contributed by atoms with E-state index in [1.54, 1.807) is 4.90 Å². The molecule has 1 aromatic carbocycles. The van der Waals surface area contributed by atoms with Crippen LogP contribution in [0.4, 0.5) is 20.8 Å². The highest BCUT2D eigenvalue weighted by molar-refractivity contribution is 6.33. The lowest BCUT2D eigenvalue weighted by Gasteiger charge is -2.32. The number of carbonyl (C=O) groups is 2. The number of hydrogen-bond donors (Lipinski definition) is 2. The minimum Gasteiger partial charge on any atom is -0.341 e. The second kappa shape index (κ2) is 9.47. The molecule has 2 aliphatic rings. The Labute approximate surface area is 184 Å². The molecule has 10 heteroatoms. The molecule has 0 saturated carbocycles. The van der Waals surface area contributed by atoms with Gasteiger partial charge in [0, 0.05) is 37.9 Å². The Morgan fingerprint density at radius 1 is 1.06 bits per heavy atom. The number of urea groups is 1. The lowest BCUT2D eigenvalue weighted by atomic mass is 10.0. The van der Waals surface area contributed by atoms with Crippen molar-refractivity contribution in [1.82, 2.24) is 20.2 Å². The average molecular weight is 447 g/mol. The van der Waals surface area contributed by atoms with E-state index < -0.39 is 0 Å². The van der Waals surface area contributed by atoms with Crippen LogP contribution in [-0.2, 0) is 0 Å². The van der Waals surface area contributed by atoms with Crippen molar-refractivity contribution in [1.29, 1.82) is 0 Å². The number of rotatable bonds is 4. The molecule has 2 N–H and O–H groups in total. The van der Waals surface area contributed by atoms with Crippen molar-refractivity contribution in [2.75, 3.05) is 36.4 Å². The molecule has 0 radical (unpaired) electrons. The molecule has 3 amide bonds. The number of anilines is 2. The summed E-state index contributed by atoms with van der Waals surface area (Å²) in [5, 5.41) is 5.82. The summed E-state index contributed by atoms with van der Waals surface area (Å²) in [5.41, 5.74) is 0.734. The van der Waals surface area contributed by atoms with E-state index in [9.17, 15) is 14.0 Å². The number of nitrogens with zero attached hydrogens (tertiary/aromatic N) is 4. The van der Waals surface area contributed by atoms with Gasteiger partial charge in [-0.3, -0.25) is 4.79 Å². The van der Waals surface area contributed by atoms with Crippen molar-refractivity contribution in [2.45, 2.75) is 31.7 Å². The number of piperidine rings is 1. The third-order valence-corrected chi connectivity index (χ3v) is 5.82. The molecule has 164 valence electrons. The summed E-state index contributed by atoms with van der Waals surface area (Å²) in [4.78, 5) is 37.6. The van der Waals surface area contributed by atoms with Gasteiger partial charge in [-0.15, -0.1) is 0 Å². The van der Waals surface area contributed by atoms with Gasteiger partial charge in [0.25, 0.3) is 5.91 Å². The monoisotopic (exact) mass is 446 g/mol. The lowest BCUT2D eigenvalue weighted by Crippen LogP contribution is -2.47. The summed E-state index contributed by atoms with van der Waals surface area (Å²) in [5.74, 6) is -0.0411. The Balaban J connectivity index is 1.31. The van der Waals surface area contributed by atoms with Gasteiger partial charge in [-0.25, -0.2) is 19.2 Å². The Morgan fingerprint density at radius 2 is 1.74 bits per heavy atom. The number of hydrogen-bond acceptors (Lipinski definition) is 5. The lowest BCUT2D eigenvalue weighted by molar-refractivity contribution is 0.0703. The van der Waals surface area contributed by atoms with Crippen LogP contribution in [0.5, 0.6) is 0 Å². The van der Waals surface area contributed by atoms with Gasteiger partial charge in [-0.2, -0.15) is 0 Å². The van der Waals surface area contributed by atoms with E-state index in [2.05, 4.69) is 25.5 Å². The molecule has 0 atom stereocenters. The van der Waals surface area contributed by atoms with Crippen LogP contribution >= 0.6 is 11.6 Å². The van der Waals surface area contributed by atoms with Crippen molar-refractivity contribution in [2.24, 2.45) is 0 Å². The van der Waals surface area contributed by atoms with Crippen molar-refractivity contribution < 1.29 is 14.0 Å². The highest BCUT2D eigenvalue weighted by Crippen LogP contribution is 2.22. The number of likely N-dealkylation sites (tertiary alicyclic amines) is 1. The van der Waals surface area contributed by atoms with Crippen molar-refractivity contribution in [3.8, 4) is 0 Å². The Kier molecular flexibility index (Phi) is 6.50. The number of aromatic nitrogens is 2. The maximum atomic E-state index is 13.0. The third-order valence-electron chi connectivity index (χ3n) is 5.54. The minimum atomic E-state index is -0.362. The first kappa shape index (κ1) is 21.3. The van der Waals surface area contributed by atoms with Gasteiger partial charge in [0.1, 0.15) is 5.82 Å². The van der Waals surface area contributed by atoms with Crippen LogP contribution in [0.15, 0.2) is 30.5 Å². The van der Waals surface area contributed by atoms with Crippen LogP contribution < -0.4 is 15.5 Å². The van der Waals surface area contributed by atoms with Crippen molar-refractivity contribution in [3.05, 3.63) is 47.0 Å². The maximum Gasteiger partial charge on any atom is 0.319 e. The van der Waals surface area contributed by atoms with Gasteiger partial charge in [0.05, 0.1) is 11.2 Å². The summed E-state index contributed by atoms with van der Waals surface area (Å²) < 4.78 is 13.0. The van der Waals surface area contributed by atoms with Gasteiger partial charge in [0.15, 0.2) is 5.69 Å². The first-order valence-electron chi connectivity index (χ1n) is 10.4. The van der Waals surface area contributed by atoms with Gasteiger partial charge in [0.2, 0.25) is 5.95 Å². The molecule has 3 heterocycles. The van der Waals surface area contributed by atoms with E-state index in [4.69, 9.17) is 11.6 Å². The molecular formula is C21H24ClFN6O2. The molecule has 0 bridgehead atoms. The van der Waals surface area contributed by atoms with Crippen LogP contribution in [0.25, 0.3) is 0 Å². The molecule has 2 aliphatic heterocycles. The first-order valence-corrected chi connectivity index (χ1v) is 10.8. The zero-order valence-electron chi connectivity index (χ0n) is 17.0. The van der Waals surface area contributed by atoms with Gasteiger partial charge in [-0.1, -0.05) is 11.6 Å². The fourth-order valence-electron chi connectivity index (χ4n) is 3.84. The normalized spacial score (nSPS) is 17.0. The van der Waals surface area contributed by atoms with E-state index in [0.29, 0.717) is 37.6 Å². The smallest absolute Gasteiger partial charge is 0.319 e. The second-order valence-electron chi connectivity index (χ2n) is 7.73. The summed E-state index contributed by atoms with van der Waals surface area (Å²) in [6.45, 7) is 2.73. The number of amides is 3. The Bertz CT molecular complexity index is 943. The minimum absolute atomic E-state index is 0.0643. The van der Waals surface area contributed by atoms with E-state index in [0.717, 1.165) is 25.9 Å². The number of carbonyl (C=O) groups excluding carboxylic acids is 2. The SMILES string of the molecule is O=C(Nc1ccc(F)cc1)NC1CCN(C(=O)c2nc(N3CCCC3)ncc2Cl)CC1. The average Bonchev–Trinajstić information content (AvgIpc) is 3.31. The van der Waals surface area contributed by atoms with Gasteiger partial charge < -0.3 is 20.4 Å². The Hall–Kier alpha value is -2.94. The van der Waals surface area contributed by atoms with Gasteiger partial charge in [-0.05, 0) is 49.9 Å². The van der Waals surface area contributed by atoms with Crippen LogP contribution in [0.1, 0.15) is 36.2 Å². The molecular weight excluding hydrogens is 423 g/mol. The summed E-state index contributed by atoms with van der Waals surface area (Å²) >= 11 is 6.22. The number of nitrogens with one attached hydrogen (secondary N) is 2. The molecule has 0 aliphatic carbocycles. The summed E-state index contributed by atoms with van der Waals surface area (Å²) in [7, 11) is 0. The number of benzene rings is 1. The zero-order chi connectivity index (χ0) is 21.8. The summed E-state index contributed by atoms with van der Waals surface area (Å²) in [6.07, 6.45) is 4.90. The molecule has 0 spiro atoms. The molecule has 2 fully saturated rings. The molecule has 31 heavy (non-hydrogen) atoms. The van der Waals surface area contributed by atoms with Crippen molar-refractivity contribution in [3.63, 3.8) is 0 Å². The van der Waals surface area contributed by atoms with Crippen LogP contribution in [0.3, 0.4) is 0 Å². The highest BCUT2D eigenvalue weighted by atomic mass is 35.5. The molecule has 8 nitrogen and oxygen atoms in total. The molecule has 2 aromatic rings. The fraction of sp³-hybridized carbons (Fsp3) is 0.429. The first-order chi connectivity index (χ1) is 15.0. The van der Waals surface area contributed by atoms with E-state index >= 15 is 0 Å². The molecule has 1 aromatic heterocycles. The molecule has 2 saturated heterocycles. The van der Waals surface area contributed by atoms with E-state index in [1.807, 2.05) is 0 Å². The van der Waals surface area contributed by atoms with E-state index in [1.165, 1.54) is 30.5 Å². The quantitative estimate of drug-likeness (QED) is 0.752. The third kappa shape index (κ3) is 5.22. The summed E-state index contributed by atoms with van der Waals surface area (Å²) in [6, 6.07) is 5.15. The predicted octanol–water partition coefficient (Wildman–Crippen LogP) is 3.30. The largest absolute Gasteiger partial charge is 0.341 e. The topological polar surface area (TPSA) is 90.5 Å². The number of halogens is 2. The fourth-order valence-corrected chi connectivity index (χ4v) is 4.01. The maximum absolute atomic E-state index is 13.0. The standard InChI is InChI=1S/C21H24ClFN6O2/c22-17-13-24-20(29-9-1-2-10-29)27-18(17)19(30)28-11-7-16(8-12-28)26-21(31)25-15-5-3-14(23)4-6-15/h3-6,13,16H,1-2,7-12H2,(H2,25,26,31). The Morgan fingerprint density at radius 3 is 2.42 bits per heavy atom. The van der Waals surface area contributed by atoms with E-state index in [-0.39, 0.29) is 34.5 Å². The zero-order valence-corrected chi connectivity index (χ0v) is 17.7. The second-order valence-corrected chi connectivity index (χ2v) is 8.14. The van der Waals surface area contributed by atoms with Crippen LogP contribution in [0, 0.1) is 5.82 Å². The van der Waals surface area contributed by atoms with Crippen LogP contribution in [0.2, 0.25) is 5.02 Å². The highest BCUT2D eigenvalue weighted by Gasteiger charge is 2.28. The van der Waals surface area contributed by atoms with Gasteiger partial charge >= 0.3 is 6.03 Å².